The van der Waals surface area contributed by atoms with Crippen LogP contribution < -0.4 is 10.1 Å². The fourth-order valence-corrected chi connectivity index (χ4v) is 2.93. The van der Waals surface area contributed by atoms with Crippen molar-refractivity contribution >= 4 is 17.2 Å². The minimum atomic E-state index is -0.0796. The molecule has 0 radical (unpaired) electrons. The van der Waals surface area contributed by atoms with Crippen LogP contribution in [0.2, 0.25) is 0 Å². The standard InChI is InChI=1S/C17H20N2O2S/c1-11(2)21-14-5-3-4-13(8-14)17-19-15(10-22-17)16(20)18-9-12-6-7-12/h3-5,8,10-12H,6-7,9H2,1-2H3,(H,18,20). The van der Waals surface area contributed by atoms with Crippen molar-refractivity contribution in [2.75, 3.05) is 6.54 Å². The van der Waals surface area contributed by atoms with Crippen molar-refractivity contribution < 1.29 is 9.53 Å². The molecule has 0 unspecified atom stereocenters. The molecule has 0 saturated heterocycles. The van der Waals surface area contributed by atoms with Crippen molar-refractivity contribution in [2.24, 2.45) is 5.92 Å². The minimum Gasteiger partial charge on any atom is -0.491 e. The van der Waals surface area contributed by atoms with Gasteiger partial charge in [0.2, 0.25) is 0 Å². The Hall–Kier alpha value is -1.88. The summed E-state index contributed by atoms with van der Waals surface area (Å²) in [6.07, 6.45) is 2.59. The third kappa shape index (κ3) is 3.85. The molecule has 1 heterocycles. The van der Waals surface area contributed by atoms with Crippen LogP contribution >= 0.6 is 11.3 Å². The molecule has 3 rings (SSSR count). The third-order valence-electron chi connectivity index (χ3n) is 3.44. The molecule has 1 N–H and O–H groups in total. The fraction of sp³-hybridized carbons (Fsp3) is 0.412. The number of thiazole rings is 1. The zero-order valence-corrected chi connectivity index (χ0v) is 13.7. The van der Waals surface area contributed by atoms with Crippen molar-refractivity contribution in [2.45, 2.75) is 32.8 Å². The molecule has 1 amide bonds. The molecule has 116 valence electrons. The predicted octanol–water partition coefficient (Wildman–Crippen LogP) is 3.74. The van der Waals surface area contributed by atoms with E-state index in [1.165, 1.54) is 24.2 Å². The van der Waals surface area contributed by atoms with Gasteiger partial charge in [-0.15, -0.1) is 11.3 Å². The van der Waals surface area contributed by atoms with E-state index in [1.54, 1.807) is 0 Å². The molecular weight excluding hydrogens is 296 g/mol. The fourth-order valence-electron chi connectivity index (χ4n) is 2.13. The number of carbonyl (C=O) groups is 1. The molecule has 0 spiro atoms. The molecule has 0 bridgehead atoms. The lowest BCUT2D eigenvalue weighted by Crippen LogP contribution is -2.25. The van der Waals surface area contributed by atoms with E-state index in [4.69, 9.17) is 4.74 Å². The molecule has 4 nitrogen and oxygen atoms in total. The lowest BCUT2D eigenvalue weighted by Gasteiger charge is -2.10. The quantitative estimate of drug-likeness (QED) is 0.883. The average Bonchev–Trinajstić information content (AvgIpc) is 3.18. The molecule has 0 aliphatic heterocycles. The molecule has 0 atom stereocenters. The van der Waals surface area contributed by atoms with Gasteiger partial charge in [0.05, 0.1) is 6.10 Å². The van der Waals surface area contributed by atoms with Gasteiger partial charge in [-0.3, -0.25) is 4.79 Å². The highest BCUT2D eigenvalue weighted by atomic mass is 32.1. The summed E-state index contributed by atoms with van der Waals surface area (Å²) in [6.45, 7) is 4.76. The smallest absolute Gasteiger partial charge is 0.270 e. The van der Waals surface area contributed by atoms with Crippen LogP contribution in [0.5, 0.6) is 5.75 Å². The van der Waals surface area contributed by atoms with Crippen LogP contribution in [0.3, 0.4) is 0 Å². The summed E-state index contributed by atoms with van der Waals surface area (Å²) in [4.78, 5) is 16.5. The van der Waals surface area contributed by atoms with E-state index in [2.05, 4.69) is 10.3 Å². The summed E-state index contributed by atoms with van der Waals surface area (Å²) in [7, 11) is 0. The molecule has 5 heteroatoms. The van der Waals surface area contributed by atoms with Gasteiger partial charge in [-0.1, -0.05) is 12.1 Å². The Kier molecular flexibility index (Phi) is 4.43. The largest absolute Gasteiger partial charge is 0.491 e. The van der Waals surface area contributed by atoms with E-state index >= 15 is 0 Å². The van der Waals surface area contributed by atoms with Gasteiger partial charge in [-0.05, 0) is 44.7 Å². The second kappa shape index (κ2) is 6.48. The van der Waals surface area contributed by atoms with Crippen LogP contribution in [0.1, 0.15) is 37.2 Å². The summed E-state index contributed by atoms with van der Waals surface area (Å²) in [5, 5.41) is 5.60. The lowest BCUT2D eigenvalue weighted by atomic mass is 10.2. The highest BCUT2D eigenvalue weighted by Gasteiger charge is 2.22. The van der Waals surface area contributed by atoms with E-state index in [-0.39, 0.29) is 12.0 Å². The SMILES string of the molecule is CC(C)Oc1cccc(-c2nc(C(=O)NCC3CC3)cs2)c1. The summed E-state index contributed by atoms with van der Waals surface area (Å²) < 4.78 is 5.70. The first kappa shape index (κ1) is 15.0. The molecule has 1 aliphatic rings. The van der Waals surface area contributed by atoms with Gasteiger partial charge < -0.3 is 10.1 Å². The van der Waals surface area contributed by atoms with Crippen LogP contribution in [-0.2, 0) is 0 Å². The van der Waals surface area contributed by atoms with Crippen molar-refractivity contribution in [3.63, 3.8) is 0 Å². The first-order chi connectivity index (χ1) is 10.6. The molecule has 2 aromatic rings. The van der Waals surface area contributed by atoms with Crippen LogP contribution in [0.4, 0.5) is 0 Å². The zero-order valence-electron chi connectivity index (χ0n) is 12.8. The topological polar surface area (TPSA) is 51.2 Å². The van der Waals surface area contributed by atoms with Gasteiger partial charge in [0, 0.05) is 17.5 Å². The lowest BCUT2D eigenvalue weighted by molar-refractivity contribution is 0.0947. The number of rotatable bonds is 6. The zero-order chi connectivity index (χ0) is 15.5. The Morgan fingerprint density at radius 2 is 2.27 bits per heavy atom. The summed E-state index contributed by atoms with van der Waals surface area (Å²) >= 11 is 1.48. The Balaban J connectivity index is 1.70. The number of amides is 1. The van der Waals surface area contributed by atoms with Crippen LogP contribution in [0.15, 0.2) is 29.6 Å². The predicted molar refractivity (Wildman–Crippen MR) is 88.4 cm³/mol. The summed E-state index contributed by atoms with van der Waals surface area (Å²) in [5.74, 6) is 1.42. The summed E-state index contributed by atoms with van der Waals surface area (Å²) in [5.41, 5.74) is 1.47. The monoisotopic (exact) mass is 316 g/mol. The number of nitrogens with one attached hydrogen (secondary N) is 1. The Morgan fingerprint density at radius 1 is 1.45 bits per heavy atom. The molecule has 1 saturated carbocycles. The maximum Gasteiger partial charge on any atom is 0.270 e. The van der Waals surface area contributed by atoms with Crippen molar-refractivity contribution in [3.05, 3.63) is 35.3 Å². The van der Waals surface area contributed by atoms with Crippen molar-refractivity contribution in [1.29, 1.82) is 0 Å². The van der Waals surface area contributed by atoms with Gasteiger partial charge in [-0.25, -0.2) is 4.98 Å². The Bertz CT molecular complexity index is 662. The molecule has 1 aromatic carbocycles. The van der Waals surface area contributed by atoms with Gasteiger partial charge in [0.15, 0.2) is 0 Å². The molecule has 1 fully saturated rings. The molecule has 22 heavy (non-hydrogen) atoms. The summed E-state index contributed by atoms with van der Waals surface area (Å²) in [6, 6.07) is 7.82. The number of carbonyl (C=O) groups excluding carboxylic acids is 1. The Morgan fingerprint density at radius 3 is 3.00 bits per heavy atom. The highest BCUT2D eigenvalue weighted by molar-refractivity contribution is 7.13. The maximum absolute atomic E-state index is 12.0. The Labute approximate surface area is 134 Å². The number of hydrogen-bond donors (Lipinski definition) is 1. The number of benzene rings is 1. The van der Waals surface area contributed by atoms with E-state index in [9.17, 15) is 4.79 Å². The molecule has 1 aliphatic carbocycles. The van der Waals surface area contributed by atoms with Gasteiger partial charge >= 0.3 is 0 Å². The van der Waals surface area contributed by atoms with E-state index < -0.39 is 0 Å². The van der Waals surface area contributed by atoms with Crippen LogP contribution in [0, 0.1) is 5.92 Å². The van der Waals surface area contributed by atoms with Crippen LogP contribution in [0.25, 0.3) is 10.6 Å². The van der Waals surface area contributed by atoms with Gasteiger partial charge in [-0.2, -0.15) is 0 Å². The van der Waals surface area contributed by atoms with Gasteiger partial charge in [0.25, 0.3) is 5.91 Å². The number of aromatic nitrogens is 1. The van der Waals surface area contributed by atoms with Crippen molar-refractivity contribution in [1.82, 2.24) is 10.3 Å². The van der Waals surface area contributed by atoms with E-state index in [0.29, 0.717) is 11.6 Å². The second-order valence-electron chi connectivity index (χ2n) is 5.89. The minimum absolute atomic E-state index is 0.0796. The first-order valence-electron chi connectivity index (χ1n) is 7.62. The second-order valence-corrected chi connectivity index (χ2v) is 6.74. The normalized spacial score (nSPS) is 14.1. The number of hydrogen-bond acceptors (Lipinski definition) is 4. The van der Waals surface area contributed by atoms with E-state index in [0.717, 1.165) is 22.9 Å². The molecule has 1 aromatic heterocycles. The number of nitrogens with zero attached hydrogens (tertiary/aromatic N) is 1. The third-order valence-corrected chi connectivity index (χ3v) is 4.33. The average molecular weight is 316 g/mol. The number of ether oxygens (including phenoxy) is 1. The van der Waals surface area contributed by atoms with E-state index in [1.807, 2.05) is 43.5 Å². The van der Waals surface area contributed by atoms with Gasteiger partial charge in [0.1, 0.15) is 16.5 Å². The first-order valence-corrected chi connectivity index (χ1v) is 8.50. The maximum atomic E-state index is 12.0. The highest BCUT2D eigenvalue weighted by Crippen LogP contribution is 2.29. The molecular formula is C17H20N2O2S. The van der Waals surface area contributed by atoms with Crippen molar-refractivity contribution in [3.8, 4) is 16.3 Å². The van der Waals surface area contributed by atoms with Crippen LogP contribution in [-0.4, -0.2) is 23.5 Å².